The zero-order valence-electron chi connectivity index (χ0n) is 19.3. The average Bonchev–Trinajstić information content (AvgIpc) is 2.68. The highest BCUT2D eigenvalue weighted by Crippen LogP contribution is 2.59. The summed E-state index contributed by atoms with van der Waals surface area (Å²) in [6.07, 6.45) is 2.91. The van der Waals surface area contributed by atoms with Crippen molar-refractivity contribution in [3.63, 3.8) is 0 Å². The summed E-state index contributed by atoms with van der Waals surface area (Å²) < 4.78 is 17.1. The van der Waals surface area contributed by atoms with E-state index >= 15 is 0 Å². The quantitative estimate of drug-likeness (QED) is 0.509. The summed E-state index contributed by atoms with van der Waals surface area (Å²) >= 11 is 0. The number of allylic oxidation sites excluding steroid dienone is 1. The van der Waals surface area contributed by atoms with E-state index in [0.29, 0.717) is 24.4 Å². The van der Waals surface area contributed by atoms with Crippen LogP contribution in [0.3, 0.4) is 0 Å². The predicted octanol–water partition coefficient (Wildman–Crippen LogP) is 4.69. The number of fused-ring (bicyclic) bond motifs is 2. The number of esters is 1. The van der Waals surface area contributed by atoms with Gasteiger partial charge < -0.3 is 13.9 Å². The van der Waals surface area contributed by atoms with E-state index < -0.39 is 11.0 Å². The van der Waals surface area contributed by atoms with Gasteiger partial charge >= 0.3 is 11.6 Å². The Morgan fingerprint density at radius 2 is 1.88 bits per heavy atom. The molecule has 4 atom stereocenters. The molecule has 4 rings (SSSR count). The Labute approximate surface area is 187 Å². The Hall–Kier alpha value is -2.89. The summed E-state index contributed by atoms with van der Waals surface area (Å²) in [4.78, 5) is 36.4. The lowest BCUT2D eigenvalue weighted by molar-refractivity contribution is -0.176. The summed E-state index contributed by atoms with van der Waals surface area (Å²) in [5.41, 5.74) is 0.272. The number of ether oxygens (including phenoxy) is 2. The molecule has 0 unspecified atom stereocenters. The molecule has 0 amide bonds. The van der Waals surface area contributed by atoms with Crippen molar-refractivity contribution in [2.75, 3.05) is 6.61 Å². The third kappa shape index (κ3) is 3.76. The van der Waals surface area contributed by atoms with Gasteiger partial charge in [0.05, 0.1) is 6.61 Å². The molecule has 0 radical (unpaired) electrons. The lowest BCUT2D eigenvalue weighted by Crippen LogP contribution is -2.58. The van der Waals surface area contributed by atoms with Crippen LogP contribution in [0.25, 0.3) is 11.0 Å². The number of benzene rings is 1. The fraction of sp³-hybridized carbons (Fsp3) is 0.500. The van der Waals surface area contributed by atoms with Gasteiger partial charge in [-0.05, 0) is 49.5 Å². The molecule has 0 aliphatic heterocycles. The molecule has 0 bridgehead atoms. The van der Waals surface area contributed by atoms with Crippen LogP contribution in [0.1, 0.15) is 47.5 Å². The zero-order chi connectivity index (χ0) is 23.3. The largest absolute Gasteiger partial charge is 0.493 e. The van der Waals surface area contributed by atoms with Gasteiger partial charge in [0, 0.05) is 41.7 Å². The van der Waals surface area contributed by atoms with Crippen LogP contribution in [0.2, 0.25) is 0 Å². The number of hydrogen-bond donors (Lipinski definition) is 0. The van der Waals surface area contributed by atoms with Gasteiger partial charge in [0.1, 0.15) is 17.4 Å². The van der Waals surface area contributed by atoms with Gasteiger partial charge in [-0.3, -0.25) is 9.59 Å². The Kier molecular flexibility index (Phi) is 5.51. The first kappa shape index (κ1) is 22.3. The molecule has 32 heavy (non-hydrogen) atoms. The Bertz CT molecular complexity index is 1160. The highest BCUT2D eigenvalue weighted by molar-refractivity contribution is 5.95. The highest BCUT2D eigenvalue weighted by atomic mass is 16.5. The molecule has 6 heteroatoms. The van der Waals surface area contributed by atoms with Gasteiger partial charge in [0.25, 0.3) is 0 Å². The molecule has 1 heterocycles. The van der Waals surface area contributed by atoms with Crippen LogP contribution in [-0.4, -0.2) is 24.5 Å². The first-order chi connectivity index (χ1) is 15.0. The fourth-order valence-corrected chi connectivity index (χ4v) is 6.03. The van der Waals surface area contributed by atoms with Crippen LogP contribution in [0.4, 0.5) is 0 Å². The molecule has 1 aromatic carbocycles. The summed E-state index contributed by atoms with van der Waals surface area (Å²) in [7, 11) is 0. The standard InChI is InChI=1S/C26H30O6/c1-15-12-20(28)24-25(3,4)22(31-16(2)27)10-11-26(24,5)19(15)14-30-18-8-6-17-7-9-23(29)32-21(17)13-18/h6-9,12-13,19,22,24H,10-11,14H2,1-5H3/t19-,22-,24-,26+/m1/s1. The van der Waals surface area contributed by atoms with Gasteiger partial charge in [-0.2, -0.15) is 0 Å². The number of rotatable bonds is 4. The van der Waals surface area contributed by atoms with Crippen LogP contribution in [-0.2, 0) is 14.3 Å². The molecule has 0 saturated heterocycles. The van der Waals surface area contributed by atoms with Crippen LogP contribution in [0, 0.1) is 22.7 Å². The first-order valence-electron chi connectivity index (χ1n) is 11.1. The molecule has 6 nitrogen and oxygen atoms in total. The minimum Gasteiger partial charge on any atom is -0.493 e. The molecule has 1 saturated carbocycles. The van der Waals surface area contributed by atoms with E-state index in [1.165, 1.54) is 13.0 Å². The maximum absolute atomic E-state index is 13.2. The van der Waals surface area contributed by atoms with Crippen molar-refractivity contribution in [3.05, 3.63) is 52.4 Å². The monoisotopic (exact) mass is 438 g/mol. The van der Waals surface area contributed by atoms with Crippen molar-refractivity contribution in [1.29, 1.82) is 0 Å². The maximum atomic E-state index is 13.2. The van der Waals surface area contributed by atoms with Crippen molar-refractivity contribution in [1.82, 2.24) is 0 Å². The lowest BCUT2D eigenvalue weighted by atomic mass is 9.47. The third-order valence-corrected chi connectivity index (χ3v) is 7.50. The Morgan fingerprint density at radius 3 is 2.59 bits per heavy atom. The Balaban J connectivity index is 1.62. The van der Waals surface area contributed by atoms with E-state index in [2.05, 4.69) is 6.92 Å². The first-order valence-corrected chi connectivity index (χ1v) is 11.1. The number of carbonyl (C=O) groups excluding carboxylic acids is 2. The topological polar surface area (TPSA) is 82.8 Å². The predicted molar refractivity (Wildman–Crippen MR) is 120 cm³/mol. The normalized spacial score (nSPS) is 29.2. The van der Waals surface area contributed by atoms with E-state index in [9.17, 15) is 14.4 Å². The van der Waals surface area contributed by atoms with Gasteiger partial charge in [-0.1, -0.05) is 26.3 Å². The van der Waals surface area contributed by atoms with E-state index in [1.54, 1.807) is 18.2 Å². The summed E-state index contributed by atoms with van der Waals surface area (Å²) in [5.74, 6) is 0.144. The van der Waals surface area contributed by atoms with Crippen LogP contribution in [0.5, 0.6) is 5.75 Å². The highest BCUT2D eigenvalue weighted by Gasteiger charge is 2.59. The van der Waals surface area contributed by atoms with Crippen molar-refractivity contribution in [3.8, 4) is 5.75 Å². The molecular formula is C26H30O6. The van der Waals surface area contributed by atoms with Gasteiger partial charge in [0.15, 0.2) is 5.78 Å². The van der Waals surface area contributed by atoms with Crippen molar-refractivity contribution in [2.24, 2.45) is 22.7 Å². The average molecular weight is 439 g/mol. The second-order valence-corrected chi connectivity index (χ2v) is 10.0. The molecule has 2 aromatic rings. The van der Waals surface area contributed by atoms with E-state index in [1.807, 2.05) is 32.9 Å². The fourth-order valence-electron chi connectivity index (χ4n) is 6.03. The van der Waals surface area contributed by atoms with Crippen molar-refractivity contribution in [2.45, 2.75) is 53.6 Å². The van der Waals surface area contributed by atoms with E-state index in [-0.39, 0.29) is 35.1 Å². The van der Waals surface area contributed by atoms with Crippen molar-refractivity contribution >= 4 is 22.7 Å². The smallest absolute Gasteiger partial charge is 0.336 e. The third-order valence-electron chi connectivity index (χ3n) is 7.50. The second kappa shape index (κ2) is 7.91. The second-order valence-electron chi connectivity index (χ2n) is 10.0. The molecular weight excluding hydrogens is 408 g/mol. The number of hydrogen-bond acceptors (Lipinski definition) is 6. The van der Waals surface area contributed by atoms with Crippen LogP contribution < -0.4 is 10.4 Å². The van der Waals surface area contributed by atoms with Crippen molar-refractivity contribution < 1.29 is 23.5 Å². The molecule has 0 N–H and O–H groups in total. The molecule has 2 aliphatic carbocycles. The maximum Gasteiger partial charge on any atom is 0.336 e. The minimum atomic E-state index is -0.489. The van der Waals surface area contributed by atoms with E-state index in [4.69, 9.17) is 13.9 Å². The lowest BCUT2D eigenvalue weighted by Gasteiger charge is -2.57. The summed E-state index contributed by atoms with van der Waals surface area (Å²) in [6.45, 7) is 10.0. The Morgan fingerprint density at radius 1 is 1.16 bits per heavy atom. The van der Waals surface area contributed by atoms with E-state index in [0.717, 1.165) is 17.4 Å². The molecule has 170 valence electrons. The molecule has 1 fully saturated rings. The summed E-state index contributed by atoms with van der Waals surface area (Å²) in [5, 5.41) is 0.828. The van der Waals surface area contributed by atoms with Gasteiger partial charge in [-0.15, -0.1) is 0 Å². The molecule has 1 aromatic heterocycles. The van der Waals surface area contributed by atoms with Crippen LogP contribution >= 0.6 is 0 Å². The van der Waals surface area contributed by atoms with Gasteiger partial charge in [-0.25, -0.2) is 4.79 Å². The van der Waals surface area contributed by atoms with Gasteiger partial charge in [0.2, 0.25) is 0 Å². The number of carbonyl (C=O) groups is 2. The molecule has 0 spiro atoms. The molecule has 2 aliphatic rings. The summed E-state index contributed by atoms with van der Waals surface area (Å²) in [6, 6.07) is 8.56. The zero-order valence-corrected chi connectivity index (χ0v) is 19.3. The number of ketones is 1. The SMILES string of the molecule is CC(=O)O[C@@H]1CC[C@@]2(C)[C@H](COc3ccc4ccc(=O)oc4c3)C(C)=CC(=O)[C@@H]2C1(C)C. The van der Waals surface area contributed by atoms with Crippen LogP contribution in [0.15, 0.2) is 51.2 Å². The minimum absolute atomic E-state index is 0.0289.